The van der Waals surface area contributed by atoms with Crippen molar-refractivity contribution < 1.29 is 27.9 Å². The number of rotatable bonds is 8. The molecular formula is C22H43N3O6Si2. The van der Waals surface area contributed by atoms with Gasteiger partial charge in [-0.15, -0.1) is 0 Å². The van der Waals surface area contributed by atoms with Gasteiger partial charge in [-0.1, -0.05) is 46.7 Å². The van der Waals surface area contributed by atoms with Gasteiger partial charge in [0, 0.05) is 11.5 Å². The second-order valence-electron chi connectivity index (χ2n) is 12.7. The van der Waals surface area contributed by atoms with E-state index in [-0.39, 0.29) is 23.3 Å². The largest absolute Gasteiger partial charge is 0.457 e. The Bertz CT molecular complexity index is 799. The second-order valence-corrected chi connectivity index (χ2v) is 22.3. The number of ether oxygens (including phenoxy) is 3. The van der Waals surface area contributed by atoms with Crippen LogP contribution in [-0.2, 0) is 27.9 Å². The molecule has 2 fully saturated rings. The number of hydrogen-bond acceptors (Lipinski definition) is 7. The molecular weight excluding hydrogens is 458 g/mol. The van der Waals surface area contributed by atoms with Crippen LogP contribution in [0, 0.1) is 0 Å². The molecule has 0 aromatic carbocycles. The first kappa shape index (κ1) is 28.3. The Balaban J connectivity index is 2.34. The van der Waals surface area contributed by atoms with Crippen molar-refractivity contribution in [2.45, 2.75) is 121 Å². The normalized spacial score (nSPS) is 28.8. The Morgan fingerprint density at radius 1 is 1.06 bits per heavy atom. The van der Waals surface area contributed by atoms with Crippen molar-refractivity contribution in [2.24, 2.45) is 5.11 Å². The van der Waals surface area contributed by atoms with Crippen molar-refractivity contribution in [1.82, 2.24) is 0 Å². The number of cyclic esters (lactones) is 1. The standard InChI is InChI=1S/C22H43N3O6Si2/c1-19(2,3)32(9,10)27-13-15(24-25-23)16-17-22(18(26)29-16,31-21(7,8)30-17)14-28-33(11,12)20(4,5)6/h15-17H,13-14H2,1-12H3/t15-,16+,17-,22-/m0/s1. The van der Waals surface area contributed by atoms with Gasteiger partial charge in [-0.25, -0.2) is 4.79 Å². The van der Waals surface area contributed by atoms with E-state index < -0.39 is 52.2 Å². The SMILES string of the molecule is CC1(C)O[C@H]2[C@@H]([C@H](CO[Si](C)(C)C(C)(C)C)N=[N+]=[N-])OC(=O)[C@@]2(CO[Si](C)(C)C(C)(C)C)O1. The molecule has 2 heterocycles. The highest BCUT2D eigenvalue weighted by molar-refractivity contribution is 6.74. The van der Waals surface area contributed by atoms with Gasteiger partial charge in [0.1, 0.15) is 12.2 Å². The highest BCUT2D eigenvalue weighted by atomic mass is 28.4. The monoisotopic (exact) mass is 501 g/mol. The van der Waals surface area contributed by atoms with Crippen LogP contribution < -0.4 is 0 Å². The molecule has 0 radical (unpaired) electrons. The van der Waals surface area contributed by atoms with E-state index in [1.54, 1.807) is 13.8 Å². The van der Waals surface area contributed by atoms with E-state index >= 15 is 0 Å². The molecule has 0 aromatic heterocycles. The Labute approximate surface area is 200 Å². The van der Waals surface area contributed by atoms with E-state index in [1.807, 2.05) is 0 Å². The van der Waals surface area contributed by atoms with Crippen LogP contribution in [-0.4, -0.2) is 65.5 Å². The number of nitrogens with zero attached hydrogens (tertiary/aromatic N) is 3. The summed E-state index contributed by atoms with van der Waals surface area (Å²) in [6.07, 6.45) is -1.61. The number of azide groups is 1. The third-order valence-corrected chi connectivity index (χ3v) is 16.6. The Morgan fingerprint density at radius 3 is 2.06 bits per heavy atom. The number of carbonyl (C=O) groups is 1. The molecule has 0 N–H and O–H groups in total. The van der Waals surface area contributed by atoms with Gasteiger partial charge in [0.25, 0.3) is 0 Å². The summed E-state index contributed by atoms with van der Waals surface area (Å²) in [6.45, 7) is 25.0. The molecule has 0 amide bonds. The summed E-state index contributed by atoms with van der Waals surface area (Å²) in [5, 5.41) is 3.89. The summed E-state index contributed by atoms with van der Waals surface area (Å²) in [5.41, 5.74) is 7.83. The fourth-order valence-electron chi connectivity index (χ4n) is 3.42. The average molecular weight is 502 g/mol. The van der Waals surface area contributed by atoms with E-state index in [0.717, 1.165) is 0 Å². The predicted octanol–water partition coefficient (Wildman–Crippen LogP) is 5.52. The van der Waals surface area contributed by atoms with Crippen molar-refractivity contribution in [3.05, 3.63) is 10.4 Å². The van der Waals surface area contributed by atoms with Gasteiger partial charge >= 0.3 is 5.97 Å². The van der Waals surface area contributed by atoms with Crippen molar-refractivity contribution in [1.29, 1.82) is 0 Å². The molecule has 0 spiro atoms. The van der Waals surface area contributed by atoms with Gasteiger partial charge in [0.15, 0.2) is 22.4 Å². The van der Waals surface area contributed by atoms with Crippen molar-refractivity contribution in [3.8, 4) is 0 Å². The molecule has 0 aromatic rings. The summed E-state index contributed by atoms with van der Waals surface area (Å²) in [6, 6.07) is -0.745. The Hall–Kier alpha value is -0.946. The maximum atomic E-state index is 13.3. The molecule has 0 unspecified atom stereocenters. The average Bonchev–Trinajstić information content (AvgIpc) is 3.04. The fraction of sp³-hybridized carbons (Fsp3) is 0.955. The van der Waals surface area contributed by atoms with Gasteiger partial charge in [-0.3, -0.25) is 0 Å². The van der Waals surface area contributed by atoms with Crippen LogP contribution in [0.3, 0.4) is 0 Å². The topological polar surface area (TPSA) is 112 Å². The molecule has 190 valence electrons. The van der Waals surface area contributed by atoms with Crippen molar-refractivity contribution >= 4 is 22.6 Å². The molecule has 4 atom stereocenters. The molecule has 2 aliphatic rings. The van der Waals surface area contributed by atoms with E-state index in [9.17, 15) is 10.3 Å². The van der Waals surface area contributed by atoms with E-state index in [1.165, 1.54) is 0 Å². The second kappa shape index (κ2) is 8.93. The molecule has 0 saturated carbocycles. The summed E-state index contributed by atoms with van der Waals surface area (Å²) in [4.78, 5) is 16.3. The van der Waals surface area contributed by atoms with E-state index in [2.05, 4.69) is 77.8 Å². The zero-order valence-corrected chi connectivity index (χ0v) is 24.4. The molecule has 0 bridgehead atoms. The minimum absolute atomic E-state index is 0.0179. The summed E-state index contributed by atoms with van der Waals surface area (Å²) >= 11 is 0. The number of fused-ring (bicyclic) bond motifs is 1. The van der Waals surface area contributed by atoms with Gasteiger partial charge in [-0.05, 0) is 55.6 Å². The highest BCUT2D eigenvalue weighted by Gasteiger charge is 2.69. The van der Waals surface area contributed by atoms with Crippen LogP contribution in [0.5, 0.6) is 0 Å². The fourth-order valence-corrected chi connectivity index (χ4v) is 5.45. The lowest BCUT2D eigenvalue weighted by molar-refractivity contribution is -0.203. The van der Waals surface area contributed by atoms with Crippen LogP contribution >= 0.6 is 0 Å². The third kappa shape index (κ3) is 5.66. The van der Waals surface area contributed by atoms with Crippen LogP contribution in [0.1, 0.15) is 55.4 Å². The smallest absolute Gasteiger partial charge is 0.344 e. The first-order valence-electron chi connectivity index (χ1n) is 11.6. The quantitative estimate of drug-likeness (QED) is 0.142. The summed E-state index contributed by atoms with van der Waals surface area (Å²) in [7, 11) is -4.30. The highest BCUT2D eigenvalue weighted by Crippen LogP contribution is 2.47. The molecule has 2 saturated heterocycles. The Kier molecular flexibility index (Phi) is 7.65. The molecule has 9 nitrogen and oxygen atoms in total. The minimum Gasteiger partial charge on any atom is -0.457 e. The maximum absolute atomic E-state index is 13.3. The van der Waals surface area contributed by atoms with E-state index in [0.29, 0.717) is 0 Å². The van der Waals surface area contributed by atoms with Crippen LogP contribution in [0.2, 0.25) is 36.3 Å². The lowest BCUT2D eigenvalue weighted by Gasteiger charge is -2.38. The minimum atomic E-state index is -2.18. The van der Waals surface area contributed by atoms with Crippen molar-refractivity contribution in [3.63, 3.8) is 0 Å². The number of hydrogen-bond donors (Lipinski definition) is 0. The lowest BCUT2D eigenvalue weighted by atomic mass is 9.94. The summed E-state index contributed by atoms with van der Waals surface area (Å²) in [5.74, 6) is -1.56. The molecule has 11 heteroatoms. The summed E-state index contributed by atoms with van der Waals surface area (Å²) < 4.78 is 30.8. The number of carbonyl (C=O) groups excluding carboxylic acids is 1. The molecule has 2 aliphatic heterocycles. The Morgan fingerprint density at radius 2 is 1.58 bits per heavy atom. The number of esters is 1. The molecule has 0 aliphatic carbocycles. The van der Waals surface area contributed by atoms with Gasteiger partial charge in [-0.2, -0.15) is 0 Å². The third-order valence-electron chi connectivity index (χ3n) is 7.64. The van der Waals surface area contributed by atoms with Crippen molar-refractivity contribution in [2.75, 3.05) is 13.2 Å². The zero-order valence-electron chi connectivity index (χ0n) is 22.4. The lowest BCUT2D eigenvalue weighted by Crippen LogP contribution is -2.54. The van der Waals surface area contributed by atoms with Gasteiger partial charge < -0.3 is 23.1 Å². The predicted molar refractivity (Wildman–Crippen MR) is 132 cm³/mol. The first-order chi connectivity index (χ1) is 14.7. The molecule has 33 heavy (non-hydrogen) atoms. The van der Waals surface area contributed by atoms with Gasteiger partial charge in [0.2, 0.25) is 5.60 Å². The zero-order chi connectivity index (χ0) is 25.7. The van der Waals surface area contributed by atoms with Crippen LogP contribution in [0.15, 0.2) is 5.11 Å². The first-order valence-corrected chi connectivity index (χ1v) is 17.4. The van der Waals surface area contributed by atoms with Crippen LogP contribution in [0.4, 0.5) is 0 Å². The maximum Gasteiger partial charge on any atom is 0.344 e. The molecule has 2 rings (SSSR count). The van der Waals surface area contributed by atoms with E-state index in [4.69, 9.17) is 23.1 Å². The van der Waals surface area contributed by atoms with Crippen LogP contribution in [0.25, 0.3) is 10.4 Å². The van der Waals surface area contributed by atoms with Gasteiger partial charge in [0.05, 0.1) is 12.6 Å².